The van der Waals surface area contributed by atoms with Crippen molar-refractivity contribution >= 4 is 27.8 Å². The van der Waals surface area contributed by atoms with Crippen molar-refractivity contribution in [1.82, 2.24) is 4.98 Å². The summed E-state index contributed by atoms with van der Waals surface area (Å²) in [6.07, 6.45) is 9.28. The molecule has 0 fully saturated rings. The fourth-order valence-electron chi connectivity index (χ4n) is 4.26. The van der Waals surface area contributed by atoms with E-state index in [9.17, 15) is 0 Å². The minimum Gasteiger partial charge on any atom is -0.361 e. The van der Waals surface area contributed by atoms with Crippen LogP contribution in [0.25, 0.3) is 38.9 Å². The topological polar surface area (TPSA) is 15.8 Å². The zero-order valence-corrected chi connectivity index (χ0v) is 16.9. The summed E-state index contributed by atoms with van der Waals surface area (Å²) in [5, 5.41) is 3.86. The largest absolute Gasteiger partial charge is 0.361 e. The molecule has 0 aliphatic heterocycles. The normalized spacial score (nSPS) is 12.8. The van der Waals surface area contributed by atoms with Crippen LogP contribution in [0.1, 0.15) is 42.9 Å². The molecule has 3 aromatic carbocycles. The molecule has 0 saturated carbocycles. The Kier molecular flexibility index (Phi) is 4.92. The number of H-pyrrole nitrogens is 1. The van der Waals surface area contributed by atoms with Gasteiger partial charge in [-0.25, -0.2) is 0 Å². The van der Waals surface area contributed by atoms with Crippen LogP contribution in [0.4, 0.5) is 0 Å². The van der Waals surface area contributed by atoms with E-state index in [-0.39, 0.29) is 0 Å². The lowest BCUT2D eigenvalue weighted by Crippen LogP contribution is -2.02. The van der Waals surface area contributed by atoms with Gasteiger partial charge in [0.05, 0.1) is 0 Å². The highest BCUT2D eigenvalue weighted by molar-refractivity contribution is 6.03. The molecule has 1 nitrogen and oxygen atoms in total. The Hall–Kier alpha value is -3.06. The maximum atomic E-state index is 3.87. The van der Waals surface area contributed by atoms with Gasteiger partial charge in [-0.05, 0) is 70.0 Å². The molecule has 4 aromatic rings. The average Bonchev–Trinajstić information content (AvgIpc) is 3.22. The van der Waals surface area contributed by atoms with E-state index in [1.807, 2.05) is 12.2 Å². The number of aromatic amines is 1. The summed E-state index contributed by atoms with van der Waals surface area (Å²) >= 11 is 0. The van der Waals surface area contributed by atoms with Crippen molar-refractivity contribution in [3.8, 4) is 11.1 Å². The van der Waals surface area contributed by atoms with Crippen molar-refractivity contribution < 1.29 is 0 Å². The van der Waals surface area contributed by atoms with Crippen LogP contribution >= 0.6 is 0 Å². The molecule has 0 bridgehead atoms. The summed E-state index contributed by atoms with van der Waals surface area (Å²) in [5.74, 6) is 0.462. The smallest absolute Gasteiger partial charge is 0.0496 e. The lowest BCUT2D eigenvalue weighted by atomic mass is 9.81. The summed E-state index contributed by atoms with van der Waals surface area (Å²) in [7, 11) is 0. The molecule has 1 heterocycles. The number of aromatic nitrogens is 1. The molecule has 140 valence electrons. The van der Waals surface area contributed by atoms with Crippen LogP contribution in [0.2, 0.25) is 0 Å². The zero-order chi connectivity index (χ0) is 19.7. The fourth-order valence-corrected chi connectivity index (χ4v) is 4.26. The van der Waals surface area contributed by atoms with Crippen molar-refractivity contribution in [2.45, 2.75) is 33.1 Å². The standard InChI is InChI=1S/C27H27N/c1-5-7-12-23-19(4)27-24(15-16-28-27)26(25(23)18(3)6-2)22-14-13-20-10-8-9-11-21(20)17-22/h5,7-18,28H,1,6H2,2-4H3/b12-7-. The van der Waals surface area contributed by atoms with Gasteiger partial charge < -0.3 is 4.98 Å². The SMILES string of the molecule is C=C/C=C\c1c(C(C)CC)c(-c2ccc3ccccc3c2)c2cc[nH]c2c1C. The number of nitrogens with one attached hydrogen (secondary N) is 1. The number of hydrogen-bond acceptors (Lipinski definition) is 0. The molecular weight excluding hydrogens is 338 g/mol. The van der Waals surface area contributed by atoms with Gasteiger partial charge >= 0.3 is 0 Å². The molecular formula is C27H27N. The molecule has 1 heteroatoms. The summed E-state index contributed by atoms with van der Waals surface area (Å²) in [6, 6.07) is 17.6. The van der Waals surface area contributed by atoms with E-state index in [0.717, 1.165) is 6.42 Å². The second-order valence-electron chi connectivity index (χ2n) is 7.56. The molecule has 1 N–H and O–H groups in total. The Morgan fingerprint density at radius 2 is 1.86 bits per heavy atom. The highest BCUT2D eigenvalue weighted by Gasteiger charge is 2.21. The van der Waals surface area contributed by atoms with Crippen LogP contribution in [0.15, 0.2) is 73.5 Å². The van der Waals surface area contributed by atoms with E-state index in [4.69, 9.17) is 0 Å². The quantitative estimate of drug-likeness (QED) is 0.345. The van der Waals surface area contributed by atoms with E-state index in [1.54, 1.807) is 0 Å². The molecule has 4 rings (SSSR count). The predicted octanol–water partition coefficient (Wildman–Crippen LogP) is 8.01. The van der Waals surface area contributed by atoms with Gasteiger partial charge in [-0.2, -0.15) is 0 Å². The van der Waals surface area contributed by atoms with E-state index < -0.39 is 0 Å². The van der Waals surface area contributed by atoms with E-state index in [2.05, 4.69) is 93.1 Å². The summed E-state index contributed by atoms with van der Waals surface area (Å²) < 4.78 is 0. The Morgan fingerprint density at radius 3 is 2.61 bits per heavy atom. The first-order valence-corrected chi connectivity index (χ1v) is 10.1. The molecule has 1 unspecified atom stereocenters. The van der Waals surface area contributed by atoms with E-state index >= 15 is 0 Å². The first-order valence-electron chi connectivity index (χ1n) is 10.1. The van der Waals surface area contributed by atoms with E-state index in [0.29, 0.717) is 5.92 Å². The number of allylic oxidation sites excluding steroid dienone is 2. The van der Waals surface area contributed by atoms with Crippen molar-refractivity contribution in [2.75, 3.05) is 0 Å². The number of rotatable bonds is 5. The minimum absolute atomic E-state index is 0.462. The minimum atomic E-state index is 0.462. The van der Waals surface area contributed by atoms with Gasteiger partial charge in [0.25, 0.3) is 0 Å². The molecule has 0 radical (unpaired) electrons. The van der Waals surface area contributed by atoms with Gasteiger partial charge in [0.15, 0.2) is 0 Å². The van der Waals surface area contributed by atoms with Crippen LogP contribution in [-0.4, -0.2) is 4.98 Å². The van der Waals surface area contributed by atoms with Gasteiger partial charge in [0.2, 0.25) is 0 Å². The van der Waals surface area contributed by atoms with Crippen molar-refractivity contribution in [3.63, 3.8) is 0 Å². The van der Waals surface area contributed by atoms with Crippen molar-refractivity contribution in [3.05, 3.63) is 90.1 Å². The predicted molar refractivity (Wildman–Crippen MR) is 124 cm³/mol. The molecule has 0 amide bonds. The third kappa shape index (κ3) is 2.97. The Bertz CT molecular complexity index is 1190. The van der Waals surface area contributed by atoms with Gasteiger partial charge in [0, 0.05) is 17.1 Å². The molecule has 0 aliphatic carbocycles. The summed E-state index contributed by atoms with van der Waals surface area (Å²) in [4.78, 5) is 3.48. The number of aryl methyl sites for hydroxylation is 1. The van der Waals surface area contributed by atoms with Crippen molar-refractivity contribution in [2.24, 2.45) is 0 Å². The molecule has 0 saturated heterocycles. The second kappa shape index (κ2) is 7.52. The highest BCUT2D eigenvalue weighted by atomic mass is 14.7. The monoisotopic (exact) mass is 365 g/mol. The van der Waals surface area contributed by atoms with Crippen LogP contribution in [0, 0.1) is 6.92 Å². The third-order valence-corrected chi connectivity index (χ3v) is 5.90. The molecule has 0 aliphatic rings. The maximum absolute atomic E-state index is 3.87. The summed E-state index contributed by atoms with van der Waals surface area (Å²) in [5.41, 5.74) is 7.90. The lowest BCUT2D eigenvalue weighted by Gasteiger charge is -2.22. The zero-order valence-electron chi connectivity index (χ0n) is 16.9. The highest BCUT2D eigenvalue weighted by Crippen LogP contribution is 2.42. The fraction of sp³-hybridized carbons (Fsp3) is 0.185. The lowest BCUT2D eigenvalue weighted by molar-refractivity contribution is 0.734. The van der Waals surface area contributed by atoms with Gasteiger partial charge in [-0.3, -0.25) is 0 Å². The third-order valence-electron chi connectivity index (χ3n) is 5.90. The average molecular weight is 366 g/mol. The number of hydrogen-bond donors (Lipinski definition) is 1. The van der Waals surface area contributed by atoms with Crippen LogP contribution < -0.4 is 0 Å². The summed E-state index contributed by atoms with van der Waals surface area (Å²) in [6.45, 7) is 10.7. The maximum Gasteiger partial charge on any atom is 0.0496 e. The second-order valence-corrected chi connectivity index (χ2v) is 7.56. The first kappa shape index (κ1) is 18.3. The molecule has 1 atom stereocenters. The van der Waals surface area contributed by atoms with E-state index in [1.165, 1.54) is 49.5 Å². The van der Waals surface area contributed by atoms with Gasteiger partial charge in [0.1, 0.15) is 0 Å². The Balaban J connectivity index is 2.13. The van der Waals surface area contributed by atoms with Crippen LogP contribution in [0.5, 0.6) is 0 Å². The van der Waals surface area contributed by atoms with Crippen LogP contribution in [-0.2, 0) is 0 Å². The van der Waals surface area contributed by atoms with Crippen molar-refractivity contribution in [1.29, 1.82) is 0 Å². The first-order chi connectivity index (χ1) is 13.7. The molecule has 28 heavy (non-hydrogen) atoms. The van der Waals surface area contributed by atoms with Gasteiger partial charge in [-0.1, -0.05) is 75.1 Å². The number of benzene rings is 3. The number of fused-ring (bicyclic) bond motifs is 2. The van der Waals surface area contributed by atoms with Gasteiger partial charge in [-0.15, -0.1) is 0 Å². The Morgan fingerprint density at radius 1 is 1.07 bits per heavy atom. The Labute approximate surface area is 167 Å². The molecule has 1 aromatic heterocycles. The van der Waals surface area contributed by atoms with Crippen LogP contribution in [0.3, 0.4) is 0 Å². The molecule has 0 spiro atoms.